The average molecular weight is 480 g/mol. The van der Waals surface area contributed by atoms with Gasteiger partial charge in [0, 0.05) is 5.39 Å². The third-order valence-electron chi connectivity index (χ3n) is 5.60. The number of rotatable bonds is 4. The number of fused-ring (bicyclic) bond motifs is 1. The Morgan fingerprint density at radius 2 is 1.82 bits per heavy atom. The van der Waals surface area contributed by atoms with Crippen molar-refractivity contribution in [2.45, 2.75) is 19.4 Å². The van der Waals surface area contributed by atoms with Gasteiger partial charge in [0.25, 0.3) is 11.8 Å². The van der Waals surface area contributed by atoms with Gasteiger partial charge >= 0.3 is 6.03 Å². The molecular formula is C23H18ClN5O3S. The molecule has 0 bridgehead atoms. The average Bonchev–Trinajstić information content (AvgIpc) is 3.44. The second kappa shape index (κ2) is 7.72. The Balaban J connectivity index is 1.44. The molecule has 33 heavy (non-hydrogen) atoms. The maximum atomic E-state index is 13.1. The van der Waals surface area contributed by atoms with E-state index in [9.17, 15) is 14.4 Å². The molecule has 4 aromatic rings. The van der Waals surface area contributed by atoms with Crippen molar-refractivity contribution in [3.63, 3.8) is 0 Å². The Morgan fingerprint density at radius 3 is 2.55 bits per heavy atom. The first-order chi connectivity index (χ1) is 15.8. The Kier molecular flexibility index (Phi) is 4.95. The molecular weight excluding hydrogens is 462 g/mol. The number of amides is 4. The van der Waals surface area contributed by atoms with Crippen LogP contribution in [0.25, 0.3) is 15.9 Å². The molecule has 1 atom stereocenters. The number of halogens is 1. The molecule has 5 rings (SSSR count). The highest BCUT2D eigenvalue weighted by atomic mass is 35.5. The number of hydrogen-bond donors (Lipinski definition) is 2. The van der Waals surface area contributed by atoms with Crippen molar-refractivity contribution in [2.75, 3.05) is 0 Å². The highest BCUT2D eigenvalue weighted by molar-refractivity contribution is 7.20. The zero-order valence-electron chi connectivity index (χ0n) is 17.6. The molecule has 3 heterocycles. The topological polar surface area (TPSA) is 96.3 Å². The molecule has 0 radical (unpaired) electrons. The molecule has 1 aliphatic rings. The van der Waals surface area contributed by atoms with Gasteiger partial charge < -0.3 is 5.32 Å². The number of nitrogens with zero attached hydrogens (tertiary/aromatic N) is 3. The summed E-state index contributed by atoms with van der Waals surface area (Å²) in [5.74, 6) is -1.13. The van der Waals surface area contributed by atoms with E-state index in [1.54, 1.807) is 48.0 Å². The minimum Gasteiger partial charge on any atom is -0.318 e. The van der Waals surface area contributed by atoms with Gasteiger partial charge in [-0.25, -0.2) is 9.48 Å². The maximum absolute atomic E-state index is 13.1. The number of nitrogens with one attached hydrogen (secondary N) is 2. The van der Waals surface area contributed by atoms with E-state index in [1.807, 2.05) is 31.2 Å². The predicted octanol–water partition coefficient (Wildman–Crippen LogP) is 4.16. The van der Waals surface area contributed by atoms with Crippen LogP contribution >= 0.6 is 22.9 Å². The van der Waals surface area contributed by atoms with Gasteiger partial charge in [0.05, 0.1) is 21.3 Å². The van der Waals surface area contributed by atoms with Crippen LogP contribution < -0.4 is 10.7 Å². The lowest BCUT2D eigenvalue weighted by Gasteiger charge is -2.21. The Labute approximate surface area is 197 Å². The third-order valence-corrected chi connectivity index (χ3v) is 7.03. The summed E-state index contributed by atoms with van der Waals surface area (Å²) < 4.78 is 1.69. The third kappa shape index (κ3) is 3.37. The zero-order valence-corrected chi connectivity index (χ0v) is 19.2. The predicted molar refractivity (Wildman–Crippen MR) is 125 cm³/mol. The van der Waals surface area contributed by atoms with Crippen molar-refractivity contribution >= 4 is 51.0 Å². The molecule has 166 valence electrons. The van der Waals surface area contributed by atoms with E-state index in [1.165, 1.54) is 11.3 Å². The van der Waals surface area contributed by atoms with Gasteiger partial charge in [0.15, 0.2) is 0 Å². The number of aryl methyl sites for hydroxylation is 1. The van der Waals surface area contributed by atoms with Crippen molar-refractivity contribution in [1.82, 2.24) is 25.5 Å². The van der Waals surface area contributed by atoms with E-state index in [4.69, 9.17) is 11.6 Å². The molecule has 2 aromatic heterocycles. The van der Waals surface area contributed by atoms with Crippen LogP contribution in [0.3, 0.4) is 0 Å². The first kappa shape index (κ1) is 21.2. The number of thiophene rings is 1. The summed E-state index contributed by atoms with van der Waals surface area (Å²) in [6.07, 6.45) is 0. The molecule has 0 spiro atoms. The van der Waals surface area contributed by atoms with Crippen LogP contribution in [-0.4, -0.2) is 32.6 Å². The largest absolute Gasteiger partial charge is 0.344 e. The summed E-state index contributed by atoms with van der Waals surface area (Å²) in [6.45, 7) is 3.45. The summed E-state index contributed by atoms with van der Waals surface area (Å²) >= 11 is 7.53. The van der Waals surface area contributed by atoms with Crippen LogP contribution in [0.1, 0.15) is 27.9 Å². The molecule has 1 aliphatic heterocycles. The lowest BCUT2D eigenvalue weighted by molar-refractivity contribution is -0.132. The second-order valence-electron chi connectivity index (χ2n) is 7.78. The second-order valence-corrected chi connectivity index (χ2v) is 9.22. The number of benzene rings is 2. The van der Waals surface area contributed by atoms with Crippen LogP contribution in [0, 0.1) is 6.92 Å². The van der Waals surface area contributed by atoms with E-state index in [-0.39, 0.29) is 0 Å². The summed E-state index contributed by atoms with van der Waals surface area (Å²) in [5.41, 5.74) is 3.22. The fourth-order valence-electron chi connectivity index (χ4n) is 3.81. The maximum Gasteiger partial charge on any atom is 0.344 e. The lowest BCUT2D eigenvalue weighted by atomic mass is 9.92. The van der Waals surface area contributed by atoms with Crippen LogP contribution in [0.15, 0.2) is 60.7 Å². The fourth-order valence-corrected chi connectivity index (χ4v) is 5.09. The van der Waals surface area contributed by atoms with Gasteiger partial charge in [-0.3, -0.25) is 15.0 Å². The number of aromatic nitrogens is 2. The number of para-hydroxylation sites is 1. The number of hydrazine groups is 1. The molecule has 0 unspecified atom stereocenters. The molecule has 2 aromatic carbocycles. The monoisotopic (exact) mass is 479 g/mol. The smallest absolute Gasteiger partial charge is 0.318 e. The van der Waals surface area contributed by atoms with Gasteiger partial charge in [-0.2, -0.15) is 10.1 Å². The Morgan fingerprint density at radius 1 is 1.12 bits per heavy atom. The summed E-state index contributed by atoms with van der Waals surface area (Å²) in [7, 11) is 0. The van der Waals surface area contributed by atoms with E-state index in [0.717, 1.165) is 20.9 Å². The normalized spacial score (nSPS) is 18.1. The van der Waals surface area contributed by atoms with Crippen molar-refractivity contribution in [2.24, 2.45) is 0 Å². The number of carbonyl (C=O) groups is 3. The molecule has 2 N–H and O–H groups in total. The van der Waals surface area contributed by atoms with Crippen molar-refractivity contribution in [3.05, 3.63) is 81.8 Å². The molecule has 1 saturated heterocycles. The Hall–Kier alpha value is -3.69. The highest BCUT2D eigenvalue weighted by Gasteiger charge is 2.50. The van der Waals surface area contributed by atoms with E-state index in [2.05, 4.69) is 15.8 Å². The van der Waals surface area contributed by atoms with Crippen LogP contribution in [0.5, 0.6) is 0 Å². The summed E-state index contributed by atoms with van der Waals surface area (Å²) in [4.78, 5) is 39.7. The van der Waals surface area contributed by atoms with E-state index >= 15 is 0 Å². The number of carbonyl (C=O) groups excluding carboxylic acids is 3. The van der Waals surface area contributed by atoms with Crippen LogP contribution in [0.4, 0.5) is 4.79 Å². The fraction of sp³-hybridized carbons (Fsp3) is 0.130. The summed E-state index contributed by atoms with van der Waals surface area (Å²) in [6, 6.07) is 17.2. The van der Waals surface area contributed by atoms with E-state index in [0.29, 0.717) is 21.2 Å². The molecule has 0 aliphatic carbocycles. The standard InChI is InChI=1S/C23H18ClN5O3S/c1-13-15-12-18(33-20(15)28(26-13)17-11-7-6-10-16(17)24)19(30)27-29-21(31)23(2,25-22(29)32)14-8-4-3-5-9-14/h3-12H,1-2H3,(H,25,32)(H,27,30)/t23-/m1/s1. The van der Waals surface area contributed by atoms with Crippen molar-refractivity contribution in [3.8, 4) is 5.69 Å². The minimum absolute atomic E-state index is 0.334. The lowest BCUT2D eigenvalue weighted by Crippen LogP contribution is -2.47. The van der Waals surface area contributed by atoms with Gasteiger partial charge in [0.2, 0.25) is 0 Å². The van der Waals surface area contributed by atoms with Crippen molar-refractivity contribution in [1.29, 1.82) is 0 Å². The van der Waals surface area contributed by atoms with Gasteiger partial charge in [-0.1, -0.05) is 54.1 Å². The molecule has 0 saturated carbocycles. The Bertz CT molecular complexity index is 1430. The van der Waals surface area contributed by atoms with Gasteiger partial charge in [-0.15, -0.1) is 11.3 Å². The SMILES string of the molecule is Cc1nn(-c2ccccc2Cl)c2sc(C(=O)NN3C(=O)N[C@](C)(c4ccccc4)C3=O)cc12. The van der Waals surface area contributed by atoms with Crippen molar-refractivity contribution < 1.29 is 14.4 Å². The summed E-state index contributed by atoms with van der Waals surface area (Å²) in [5, 5.41) is 9.26. The molecule has 1 fully saturated rings. The number of imide groups is 1. The van der Waals surface area contributed by atoms with Crippen LogP contribution in [-0.2, 0) is 10.3 Å². The quantitative estimate of drug-likeness (QED) is 0.429. The molecule has 10 heteroatoms. The number of urea groups is 1. The van der Waals surface area contributed by atoms with Gasteiger partial charge in [-0.05, 0) is 37.6 Å². The van der Waals surface area contributed by atoms with Gasteiger partial charge in [0.1, 0.15) is 10.4 Å². The van der Waals surface area contributed by atoms with Crippen LogP contribution in [0.2, 0.25) is 5.02 Å². The number of hydrogen-bond acceptors (Lipinski definition) is 5. The molecule has 8 nitrogen and oxygen atoms in total. The van der Waals surface area contributed by atoms with E-state index < -0.39 is 23.4 Å². The first-order valence-corrected chi connectivity index (χ1v) is 11.3. The zero-order chi connectivity index (χ0) is 23.3. The minimum atomic E-state index is -1.27. The highest BCUT2D eigenvalue weighted by Crippen LogP contribution is 2.33. The molecule has 4 amide bonds. The first-order valence-electron chi connectivity index (χ1n) is 10.1.